The molecule has 12 heteroatoms. The summed E-state index contributed by atoms with van der Waals surface area (Å²) in [7, 11) is -3.67. The fraction of sp³-hybridized carbons (Fsp3) is 0.412. The van der Waals surface area contributed by atoms with Crippen molar-refractivity contribution in [2.24, 2.45) is 0 Å². The van der Waals surface area contributed by atoms with Crippen molar-refractivity contribution in [3.8, 4) is 0 Å². The number of benzene rings is 1. The summed E-state index contributed by atoms with van der Waals surface area (Å²) in [6.07, 6.45) is 1.47. The van der Waals surface area contributed by atoms with Gasteiger partial charge in [0.25, 0.3) is 16.0 Å². The number of carboxylic acid groups (broad SMARTS) is 1. The first-order valence-electron chi connectivity index (χ1n) is 8.67. The third-order valence-corrected chi connectivity index (χ3v) is 6.13. The van der Waals surface area contributed by atoms with Gasteiger partial charge < -0.3 is 19.9 Å². The third-order valence-electron chi connectivity index (χ3n) is 4.73. The Bertz CT molecular complexity index is 1060. The Hall–Kier alpha value is -2.18. The van der Waals surface area contributed by atoms with E-state index in [9.17, 15) is 27.5 Å². The smallest absolute Gasteiger partial charge is 0.407 e. The van der Waals surface area contributed by atoms with Gasteiger partial charge in [-0.25, -0.2) is 9.18 Å². The number of fused-ring (bicyclic) bond motifs is 1. The van der Waals surface area contributed by atoms with E-state index < -0.39 is 34.0 Å². The lowest BCUT2D eigenvalue weighted by molar-refractivity contribution is 0.0409. The lowest BCUT2D eigenvalue weighted by Crippen LogP contribution is -2.56. The zero-order valence-corrected chi connectivity index (χ0v) is 17.8. The molecule has 158 valence electrons. The molecule has 1 fully saturated rings. The van der Waals surface area contributed by atoms with Gasteiger partial charge in [-0.05, 0) is 34.5 Å². The van der Waals surface area contributed by atoms with Crippen LogP contribution in [0.4, 0.5) is 9.18 Å². The molecule has 2 aromatic rings. The highest BCUT2D eigenvalue weighted by atomic mass is 79.9. The minimum absolute atomic E-state index is 0.00107. The molecule has 2 amide bonds. The van der Waals surface area contributed by atoms with Crippen molar-refractivity contribution in [2.45, 2.75) is 12.5 Å². The summed E-state index contributed by atoms with van der Waals surface area (Å²) in [6, 6.07) is 2.14. The summed E-state index contributed by atoms with van der Waals surface area (Å²) >= 11 is 3.16. The average molecular weight is 492 g/mol. The lowest BCUT2D eigenvalue weighted by atomic mass is 10.0. The number of hydrogen-bond acceptors (Lipinski definition) is 5. The van der Waals surface area contributed by atoms with Crippen LogP contribution in [0, 0.1) is 5.82 Å². The van der Waals surface area contributed by atoms with Crippen LogP contribution in [0.1, 0.15) is 16.8 Å². The molecule has 1 aromatic heterocycles. The number of carbonyl (C=O) groups is 2. The molecule has 29 heavy (non-hydrogen) atoms. The second-order valence-electron chi connectivity index (χ2n) is 6.68. The molecule has 1 atom stereocenters. The van der Waals surface area contributed by atoms with Crippen molar-refractivity contribution >= 4 is 49.0 Å². The fourth-order valence-electron chi connectivity index (χ4n) is 3.37. The molecular formula is C17H19BrFN3O6S. The van der Waals surface area contributed by atoms with Crippen LogP contribution in [0.5, 0.6) is 0 Å². The first kappa shape index (κ1) is 21.5. The summed E-state index contributed by atoms with van der Waals surface area (Å²) in [5, 5.41) is 9.78. The minimum Gasteiger partial charge on any atom is -0.465 e. The Morgan fingerprint density at radius 2 is 2.14 bits per heavy atom. The van der Waals surface area contributed by atoms with Gasteiger partial charge in [-0.1, -0.05) is 0 Å². The van der Waals surface area contributed by atoms with Gasteiger partial charge in [-0.15, -0.1) is 0 Å². The molecule has 0 spiro atoms. The summed E-state index contributed by atoms with van der Waals surface area (Å²) < 4.78 is 41.7. The van der Waals surface area contributed by atoms with Gasteiger partial charge >= 0.3 is 6.09 Å². The molecule has 3 rings (SSSR count). The van der Waals surface area contributed by atoms with E-state index in [0.29, 0.717) is 10.9 Å². The van der Waals surface area contributed by atoms with Crippen molar-refractivity contribution in [1.29, 1.82) is 0 Å². The molecule has 1 aromatic carbocycles. The summed E-state index contributed by atoms with van der Waals surface area (Å²) in [6.45, 7) is -0.0135. The highest BCUT2D eigenvalue weighted by molar-refractivity contribution is 9.10. The Morgan fingerprint density at radius 1 is 1.41 bits per heavy atom. The first-order chi connectivity index (χ1) is 13.6. The van der Waals surface area contributed by atoms with Crippen molar-refractivity contribution in [1.82, 2.24) is 14.8 Å². The number of nitrogens with one attached hydrogen (secondary N) is 1. The standard InChI is InChI=1S/C17H19BrFN3O6S/c1-29(26,27)28-7-3-10-9-21(17(24)25)5-6-22(10)16(23)12-8-13(19)14(18)11-2-4-20-15(11)12/h2,4,8,10,20H,3,5-7,9H2,1H3,(H,24,25). The van der Waals surface area contributed by atoms with Crippen LogP contribution in [0.15, 0.2) is 22.8 Å². The van der Waals surface area contributed by atoms with Crippen molar-refractivity contribution in [2.75, 3.05) is 32.5 Å². The van der Waals surface area contributed by atoms with Gasteiger partial charge in [0.05, 0.1) is 34.5 Å². The molecule has 0 aliphatic carbocycles. The highest BCUT2D eigenvalue weighted by Gasteiger charge is 2.34. The van der Waals surface area contributed by atoms with E-state index in [-0.39, 0.29) is 42.7 Å². The number of aromatic amines is 1. The maximum absolute atomic E-state index is 14.3. The van der Waals surface area contributed by atoms with Gasteiger partial charge in [0, 0.05) is 31.2 Å². The molecule has 0 saturated carbocycles. The number of carbonyl (C=O) groups excluding carboxylic acids is 1. The second kappa shape index (κ2) is 8.28. The molecular weight excluding hydrogens is 473 g/mol. The topological polar surface area (TPSA) is 120 Å². The van der Waals surface area contributed by atoms with Crippen molar-refractivity contribution in [3.05, 3.63) is 34.2 Å². The summed E-state index contributed by atoms with van der Waals surface area (Å²) in [5.41, 5.74) is 0.568. The van der Waals surface area contributed by atoms with Gasteiger partial charge in [0.2, 0.25) is 0 Å². The quantitative estimate of drug-likeness (QED) is 0.618. The number of aromatic nitrogens is 1. The first-order valence-corrected chi connectivity index (χ1v) is 11.3. The van der Waals surface area contributed by atoms with Crippen LogP contribution < -0.4 is 0 Å². The zero-order chi connectivity index (χ0) is 21.3. The molecule has 2 heterocycles. The normalized spacial score (nSPS) is 17.7. The summed E-state index contributed by atoms with van der Waals surface area (Å²) in [5.74, 6) is -1.07. The molecule has 0 bridgehead atoms. The fourth-order valence-corrected chi connectivity index (χ4v) is 4.21. The Labute approximate surface area is 174 Å². The second-order valence-corrected chi connectivity index (χ2v) is 9.12. The van der Waals surface area contributed by atoms with E-state index in [1.54, 1.807) is 12.3 Å². The van der Waals surface area contributed by atoms with Crippen LogP contribution in [0.25, 0.3) is 10.9 Å². The highest BCUT2D eigenvalue weighted by Crippen LogP contribution is 2.30. The van der Waals surface area contributed by atoms with Crippen LogP contribution in [-0.4, -0.2) is 78.8 Å². The monoisotopic (exact) mass is 491 g/mol. The Kier molecular flexibility index (Phi) is 6.15. The van der Waals surface area contributed by atoms with E-state index in [0.717, 1.165) is 17.2 Å². The van der Waals surface area contributed by atoms with Crippen molar-refractivity contribution in [3.63, 3.8) is 0 Å². The molecule has 0 radical (unpaired) electrons. The largest absolute Gasteiger partial charge is 0.465 e. The number of piperazine rings is 1. The van der Waals surface area contributed by atoms with Crippen LogP contribution in [-0.2, 0) is 14.3 Å². The van der Waals surface area contributed by atoms with Crippen LogP contribution >= 0.6 is 15.9 Å². The number of H-pyrrole nitrogens is 1. The minimum atomic E-state index is -3.67. The molecule has 1 unspecified atom stereocenters. The SMILES string of the molecule is CS(=O)(=O)OCCC1CN(C(=O)O)CCN1C(=O)c1cc(F)c(Br)c2cc[nH]c12. The maximum atomic E-state index is 14.3. The Morgan fingerprint density at radius 3 is 2.79 bits per heavy atom. The predicted molar refractivity (Wildman–Crippen MR) is 106 cm³/mol. The van der Waals surface area contributed by atoms with Gasteiger partial charge in [0.1, 0.15) is 5.82 Å². The van der Waals surface area contributed by atoms with Gasteiger partial charge in [0.15, 0.2) is 0 Å². The maximum Gasteiger partial charge on any atom is 0.407 e. The Balaban J connectivity index is 1.89. The molecule has 2 N–H and O–H groups in total. The molecule has 9 nitrogen and oxygen atoms in total. The van der Waals surface area contributed by atoms with Crippen LogP contribution in [0.3, 0.4) is 0 Å². The van der Waals surface area contributed by atoms with Gasteiger partial charge in [-0.2, -0.15) is 8.42 Å². The van der Waals surface area contributed by atoms with E-state index >= 15 is 0 Å². The van der Waals surface area contributed by atoms with E-state index in [2.05, 4.69) is 20.9 Å². The van der Waals surface area contributed by atoms with E-state index in [1.165, 1.54) is 4.90 Å². The third kappa shape index (κ3) is 4.70. The molecule has 1 aliphatic heterocycles. The number of halogens is 2. The van der Waals surface area contributed by atoms with E-state index in [4.69, 9.17) is 4.18 Å². The number of nitrogens with zero attached hydrogens (tertiary/aromatic N) is 2. The number of amides is 2. The number of rotatable bonds is 5. The van der Waals surface area contributed by atoms with E-state index in [1.807, 2.05) is 0 Å². The zero-order valence-electron chi connectivity index (χ0n) is 15.4. The lowest BCUT2D eigenvalue weighted by Gasteiger charge is -2.40. The van der Waals surface area contributed by atoms with Crippen molar-refractivity contribution < 1.29 is 31.7 Å². The predicted octanol–water partition coefficient (Wildman–Crippen LogP) is 2.24. The molecule has 1 saturated heterocycles. The summed E-state index contributed by atoms with van der Waals surface area (Å²) in [4.78, 5) is 30.1. The van der Waals surface area contributed by atoms with Gasteiger partial charge in [-0.3, -0.25) is 8.98 Å². The molecule has 1 aliphatic rings. The van der Waals surface area contributed by atoms with Crippen LogP contribution in [0.2, 0.25) is 0 Å². The average Bonchev–Trinajstić information content (AvgIpc) is 3.13. The number of hydrogen-bond donors (Lipinski definition) is 2.